The Kier molecular flexibility index (Phi) is 4.22. The van der Waals surface area contributed by atoms with Gasteiger partial charge in [0.15, 0.2) is 0 Å². The molecule has 0 heterocycles. The highest BCUT2D eigenvalue weighted by Gasteiger charge is 2.22. The zero-order valence-electron chi connectivity index (χ0n) is 7.94. The van der Waals surface area contributed by atoms with Crippen LogP contribution in [0.5, 0.6) is 0 Å². The lowest BCUT2D eigenvalue weighted by molar-refractivity contribution is 0.135. The van der Waals surface area contributed by atoms with E-state index in [0.717, 1.165) is 6.42 Å². The minimum Gasteiger partial charge on any atom is -0.396 e. The summed E-state index contributed by atoms with van der Waals surface area (Å²) >= 11 is 0. The molecule has 0 rings (SSSR count). The van der Waals surface area contributed by atoms with Crippen LogP contribution in [0.4, 0.5) is 0 Å². The molecule has 0 saturated carbocycles. The van der Waals surface area contributed by atoms with Crippen molar-refractivity contribution in [2.45, 2.75) is 34.1 Å². The maximum absolute atomic E-state index is 9.02. The van der Waals surface area contributed by atoms with Gasteiger partial charge in [0.25, 0.3) is 0 Å². The third-order valence-corrected chi connectivity index (χ3v) is 1.97. The Hall–Kier alpha value is -0.480. The molecule has 0 aromatic heterocycles. The fourth-order valence-electron chi connectivity index (χ4n) is 0.870. The van der Waals surface area contributed by atoms with Gasteiger partial charge in [0.1, 0.15) is 0 Å². The quantitative estimate of drug-likeness (QED) is 0.603. The molecule has 1 atom stereocenters. The van der Waals surface area contributed by atoms with Crippen LogP contribution in [-0.4, -0.2) is 11.7 Å². The van der Waals surface area contributed by atoms with Gasteiger partial charge in [-0.2, -0.15) is 0 Å². The number of rotatable bonds is 2. The molecule has 0 aliphatic rings. The molecule has 0 saturated heterocycles. The number of hydrogen-bond acceptors (Lipinski definition) is 1. The molecule has 0 aliphatic carbocycles. The third-order valence-electron chi connectivity index (χ3n) is 1.97. The van der Waals surface area contributed by atoms with Crippen molar-refractivity contribution in [1.82, 2.24) is 0 Å². The number of aliphatic hydroxyl groups is 1. The van der Waals surface area contributed by atoms with Crippen LogP contribution in [0, 0.1) is 23.2 Å². The summed E-state index contributed by atoms with van der Waals surface area (Å²) in [6.45, 7) is 8.46. The van der Waals surface area contributed by atoms with Crippen molar-refractivity contribution in [2.24, 2.45) is 11.3 Å². The lowest BCUT2D eigenvalue weighted by Crippen LogP contribution is -2.23. The first-order chi connectivity index (χ1) is 5.02. The van der Waals surface area contributed by atoms with Crippen LogP contribution in [0.1, 0.15) is 34.1 Å². The monoisotopic (exact) mass is 154 g/mol. The Bertz CT molecular complexity index is 154. The second-order valence-corrected chi connectivity index (χ2v) is 3.88. The van der Waals surface area contributed by atoms with Crippen molar-refractivity contribution in [3.63, 3.8) is 0 Å². The number of hydrogen-bond donors (Lipinski definition) is 1. The lowest BCUT2D eigenvalue weighted by Gasteiger charge is -2.27. The molecule has 0 aromatic rings. The molecule has 0 radical (unpaired) electrons. The predicted octanol–water partition coefficient (Wildman–Crippen LogP) is 2.05. The van der Waals surface area contributed by atoms with E-state index in [1.165, 1.54) is 0 Å². The Morgan fingerprint density at radius 3 is 2.18 bits per heavy atom. The Balaban J connectivity index is 4.03. The van der Waals surface area contributed by atoms with E-state index < -0.39 is 0 Å². The van der Waals surface area contributed by atoms with Crippen molar-refractivity contribution in [3.8, 4) is 11.8 Å². The van der Waals surface area contributed by atoms with Gasteiger partial charge < -0.3 is 5.11 Å². The van der Waals surface area contributed by atoms with Crippen LogP contribution in [0.15, 0.2) is 0 Å². The minimum absolute atomic E-state index is 0.165. The zero-order valence-corrected chi connectivity index (χ0v) is 7.94. The lowest BCUT2D eigenvalue weighted by atomic mass is 9.79. The van der Waals surface area contributed by atoms with Gasteiger partial charge in [-0.25, -0.2) is 0 Å². The smallest absolute Gasteiger partial charge is 0.0473 e. The van der Waals surface area contributed by atoms with Crippen molar-refractivity contribution < 1.29 is 5.11 Å². The molecule has 1 N–H and O–H groups in total. The molecule has 1 unspecified atom stereocenters. The molecule has 0 aliphatic heterocycles. The first-order valence-corrected chi connectivity index (χ1v) is 4.02. The van der Waals surface area contributed by atoms with Crippen LogP contribution >= 0.6 is 0 Å². The highest BCUT2D eigenvalue weighted by Crippen LogP contribution is 2.27. The van der Waals surface area contributed by atoms with Crippen LogP contribution in [0.3, 0.4) is 0 Å². The fourth-order valence-corrected chi connectivity index (χ4v) is 0.870. The summed E-state index contributed by atoms with van der Waals surface area (Å²) < 4.78 is 0. The van der Waals surface area contributed by atoms with E-state index in [1.807, 2.05) is 6.92 Å². The molecule has 0 amide bonds. The van der Waals surface area contributed by atoms with E-state index in [1.54, 1.807) is 0 Å². The summed E-state index contributed by atoms with van der Waals surface area (Å²) in [5.74, 6) is 6.14. The van der Waals surface area contributed by atoms with E-state index in [0.29, 0.717) is 5.92 Å². The zero-order chi connectivity index (χ0) is 8.91. The van der Waals surface area contributed by atoms with Gasteiger partial charge in [-0.15, -0.1) is 11.8 Å². The fraction of sp³-hybridized carbons (Fsp3) is 0.800. The maximum Gasteiger partial charge on any atom is 0.0473 e. The largest absolute Gasteiger partial charge is 0.396 e. The standard InChI is InChI=1S/C10H18O/c1-5-6-7-9(8-11)10(2,3)4/h9,11H,7-8H2,1-4H3. The molecule has 0 aromatic carbocycles. The first kappa shape index (κ1) is 10.5. The van der Waals surface area contributed by atoms with Gasteiger partial charge >= 0.3 is 0 Å². The maximum atomic E-state index is 9.02. The van der Waals surface area contributed by atoms with Crippen LogP contribution < -0.4 is 0 Å². The van der Waals surface area contributed by atoms with Crippen molar-refractivity contribution in [1.29, 1.82) is 0 Å². The minimum atomic E-state index is 0.165. The van der Waals surface area contributed by atoms with Crippen molar-refractivity contribution >= 4 is 0 Å². The van der Waals surface area contributed by atoms with E-state index in [9.17, 15) is 0 Å². The molecular formula is C10H18O. The van der Waals surface area contributed by atoms with Gasteiger partial charge in [-0.05, 0) is 18.3 Å². The Morgan fingerprint density at radius 2 is 1.91 bits per heavy atom. The summed E-state index contributed by atoms with van der Waals surface area (Å²) in [5.41, 5.74) is 0.165. The average Bonchev–Trinajstić information content (AvgIpc) is 1.87. The summed E-state index contributed by atoms with van der Waals surface area (Å²) in [5, 5.41) is 9.02. The molecule has 11 heavy (non-hydrogen) atoms. The van der Waals surface area contributed by atoms with Crippen LogP contribution in [-0.2, 0) is 0 Å². The molecular weight excluding hydrogens is 136 g/mol. The van der Waals surface area contributed by atoms with Crippen molar-refractivity contribution in [2.75, 3.05) is 6.61 Å². The van der Waals surface area contributed by atoms with E-state index in [2.05, 4.69) is 32.6 Å². The summed E-state index contributed by atoms with van der Waals surface area (Å²) in [6.07, 6.45) is 0.802. The van der Waals surface area contributed by atoms with Gasteiger partial charge in [-0.1, -0.05) is 20.8 Å². The molecule has 1 nitrogen and oxygen atoms in total. The van der Waals surface area contributed by atoms with Gasteiger partial charge in [-0.3, -0.25) is 0 Å². The summed E-state index contributed by atoms with van der Waals surface area (Å²) in [6, 6.07) is 0. The Morgan fingerprint density at radius 1 is 1.36 bits per heavy atom. The normalized spacial score (nSPS) is 13.5. The molecule has 1 heteroatoms. The van der Waals surface area contributed by atoms with Crippen molar-refractivity contribution in [3.05, 3.63) is 0 Å². The van der Waals surface area contributed by atoms with Gasteiger partial charge in [0, 0.05) is 13.0 Å². The highest BCUT2D eigenvalue weighted by molar-refractivity contribution is 4.98. The molecule has 0 fully saturated rings. The van der Waals surface area contributed by atoms with E-state index >= 15 is 0 Å². The molecule has 0 spiro atoms. The highest BCUT2D eigenvalue weighted by atomic mass is 16.3. The van der Waals surface area contributed by atoms with Gasteiger partial charge in [0.05, 0.1) is 0 Å². The predicted molar refractivity (Wildman–Crippen MR) is 48.1 cm³/mol. The molecule has 64 valence electrons. The molecule has 0 bridgehead atoms. The Labute approximate surface area is 69.8 Å². The SMILES string of the molecule is CC#CCC(CO)C(C)(C)C. The topological polar surface area (TPSA) is 20.2 Å². The second kappa shape index (κ2) is 4.41. The average molecular weight is 154 g/mol. The first-order valence-electron chi connectivity index (χ1n) is 4.02. The van der Waals surface area contributed by atoms with E-state index in [4.69, 9.17) is 5.11 Å². The van der Waals surface area contributed by atoms with E-state index in [-0.39, 0.29) is 12.0 Å². The van der Waals surface area contributed by atoms with Gasteiger partial charge in [0.2, 0.25) is 0 Å². The summed E-state index contributed by atoms with van der Waals surface area (Å²) in [7, 11) is 0. The third kappa shape index (κ3) is 4.06. The summed E-state index contributed by atoms with van der Waals surface area (Å²) in [4.78, 5) is 0. The van der Waals surface area contributed by atoms with Crippen LogP contribution in [0.25, 0.3) is 0 Å². The van der Waals surface area contributed by atoms with Crippen LogP contribution in [0.2, 0.25) is 0 Å². The number of aliphatic hydroxyl groups excluding tert-OH is 1. The second-order valence-electron chi connectivity index (χ2n) is 3.88.